The molecule has 0 aliphatic rings. The summed E-state index contributed by atoms with van der Waals surface area (Å²) in [6, 6.07) is 53.6. The van der Waals surface area contributed by atoms with Crippen LogP contribution in [-0.4, -0.2) is 29.9 Å². The molecule has 220 valence electrons. The fourth-order valence-electron chi connectivity index (χ4n) is 6.22. The SMILES string of the molecule is c1ccc(-c2nc(-c3ccccc3)nc(-c3ccccc3-c3ccc4ccc5ccc6nn(-c7ccccc7)nc6c5c4c3)n2)cc1. The van der Waals surface area contributed by atoms with E-state index >= 15 is 0 Å². The first-order valence-electron chi connectivity index (χ1n) is 15.5. The molecule has 47 heavy (non-hydrogen) atoms. The number of hydrogen-bond acceptors (Lipinski definition) is 5. The zero-order valence-electron chi connectivity index (χ0n) is 25.2. The number of para-hydroxylation sites is 1. The smallest absolute Gasteiger partial charge is 0.164 e. The molecule has 0 unspecified atom stereocenters. The number of rotatable bonds is 5. The minimum atomic E-state index is 0.625. The van der Waals surface area contributed by atoms with Gasteiger partial charge in [0.1, 0.15) is 11.0 Å². The standard InChI is InChI=1S/C41H26N6/c1-4-12-29(13-5-1)39-42-40(30-14-6-2-7-15-30)44-41(43-39)34-19-11-10-18-33(34)31-23-21-27-20-22-28-24-25-36-38(37(28)35(27)26-31)46-47(45-36)32-16-8-3-9-17-32/h1-26H. The van der Waals surface area contributed by atoms with Gasteiger partial charge < -0.3 is 0 Å². The van der Waals surface area contributed by atoms with Gasteiger partial charge in [-0.1, -0.05) is 133 Å². The number of aromatic nitrogens is 6. The van der Waals surface area contributed by atoms with Crippen LogP contribution in [0.3, 0.4) is 0 Å². The summed E-state index contributed by atoms with van der Waals surface area (Å²) in [5.41, 5.74) is 7.57. The third-order valence-corrected chi connectivity index (χ3v) is 8.52. The lowest BCUT2D eigenvalue weighted by Gasteiger charge is -2.13. The summed E-state index contributed by atoms with van der Waals surface area (Å²) in [5.74, 6) is 1.90. The van der Waals surface area contributed by atoms with Gasteiger partial charge in [-0.15, -0.1) is 10.2 Å². The Balaban J connectivity index is 1.24. The third kappa shape index (κ3) is 4.80. The van der Waals surface area contributed by atoms with E-state index in [-0.39, 0.29) is 0 Å². The van der Waals surface area contributed by atoms with Crippen molar-refractivity contribution in [3.8, 4) is 51.0 Å². The fraction of sp³-hybridized carbons (Fsp3) is 0. The zero-order valence-corrected chi connectivity index (χ0v) is 25.2. The van der Waals surface area contributed by atoms with Crippen LogP contribution in [0.1, 0.15) is 0 Å². The van der Waals surface area contributed by atoms with E-state index in [2.05, 4.69) is 54.6 Å². The average Bonchev–Trinajstić information content (AvgIpc) is 3.60. The summed E-state index contributed by atoms with van der Waals surface area (Å²) < 4.78 is 0. The first-order chi connectivity index (χ1) is 23.3. The van der Waals surface area contributed by atoms with E-state index in [0.717, 1.165) is 66.1 Å². The average molecular weight is 603 g/mol. The molecule has 6 nitrogen and oxygen atoms in total. The van der Waals surface area contributed by atoms with E-state index in [0.29, 0.717) is 17.5 Å². The van der Waals surface area contributed by atoms with Gasteiger partial charge in [0.25, 0.3) is 0 Å². The first kappa shape index (κ1) is 26.8. The highest BCUT2D eigenvalue weighted by Crippen LogP contribution is 2.37. The van der Waals surface area contributed by atoms with Crippen molar-refractivity contribution < 1.29 is 0 Å². The summed E-state index contributed by atoms with van der Waals surface area (Å²) in [4.78, 5) is 16.7. The predicted octanol–water partition coefficient (Wildman–Crippen LogP) is 9.58. The number of benzene rings is 7. The first-order valence-corrected chi connectivity index (χ1v) is 15.5. The molecule has 2 aromatic heterocycles. The summed E-state index contributed by atoms with van der Waals surface area (Å²) in [6.45, 7) is 0. The summed E-state index contributed by atoms with van der Waals surface area (Å²) in [5, 5.41) is 14.3. The molecular weight excluding hydrogens is 576 g/mol. The Bertz CT molecular complexity index is 2500. The largest absolute Gasteiger partial charge is 0.208 e. The molecule has 6 heteroatoms. The van der Waals surface area contributed by atoms with Crippen LogP contribution in [0.4, 0.5) is 0 Å². The van der Waals surface area contributed by atoms with Crippen LogP contribution in [-0.2, 0) is 0 Å². The molecule has 9 aromatic rings. The van der Waals surface area contributed by atoms with Gasteiger partial charge in [0.2, 0.25) is 0 Å². The quantitative estimate of drug-likeness (QED) is 0.184. The monoisotopic (exact) mass is 602 g/mol. The molecule has 2 heterocycles. The second kappa shape index (κ2) is 11.1. The van der Waals surface area contributed by atoms with Crippen LogP contribution in [0.2, 0.25) is 0 Å². The van der Waals surface area contributed by atoms with Crippen LogP contribution in [0.25, 0.3) is 83.6 Å². The summed E-state index contributed by atoms with van der Waals surface area (Å²) in [6.07, 6.45) is 0. The van der Waals surface area contributed by atoms with Crippen LogP contribution >= 0.6 is 0 Å². The van der Waals surface area contributed by atoms with Crippen molar-refractivity contribution in [1.29, 1.82) is 0 Å². The molecule has 0 saturated carbocycles. The highest BCUT2D eigenvalue weighted by Gasteiger charge is 2.17. The number of fused-ring (bicyclic) bond motifs is 5. The molecule has 0 N–H and O–H groups in total. The van der Waals surface area contributed by atoms with Gasteiger partial charge in [-0.3, -0.25) is 0 Å². The highest BCUT2D eigenvalue weighted by molar-refractivity contribution is 6.19. The van der Waals surface area contributed by atoms with Gasteiger partial charge in [-0.2, -0.15) is 4.80 Å². The summed E-state index contributed by atoms with van der Waals surface area (Å²) in [7, 11) is 0. The maximum Gasteiger partial charge on any atom is 0.164 e. The lowest BCUT2D eigenvalue weighted by molar-refractivity contribution is 0.766. The molecule has 0 amide bonds. The fourth-order valence-corrected chi connectivity index (χ4v) is 6.22. The number of hydrogen-bond donors (Lipinski definition) is 0. The zero-order chi connectivity index (χ0) is 31.2. The maximum absolute atomic E-state index is 5.03. The van der Waals surface area contributed by atoms with Gasteiger partial charge in [0.15, 0.2) is 17.5 Å². The molecular formula is C41H26N6. The Morgan fingerprint density at radius 3 is 1.66 bits per heavy atom. The van der Waals surface area contributed by atoms with Crippen LogP contribution in [0, 0.1) is 0 Å². The Morgan fingerprint density at radius 2 is 0.957 bits per heavy atom. The molecule has 0 bridgehead atoms. The topological polar surface area (TPSA) is 69.4 Å². The van der Waals surface area contributed by atoms with Crippen molar-refractivity contribution in [1.82, 2.24) is 29.9 Å². The normalized spacial score (nSPS) is 11.4. The highest BCUT2D eigenvalue weighted by atomic mass is 15.5. The Kier molecular flexibility index (Phi) is 6.35. The van der Waals surface area contributed by atoms with Crippen molar-refractivity contribution in [2.24, 2.45) is 0 Å². The van der Waals surface area contributed by atoms with E-state index in [4.69, 9.17) is 25.1 Å². The van der Waals surface area contributed by atoms with Crippen LogP contribution in [0.5, 0.6) is 0 Å². The van der Waals surface area contributed by atoms with Crippen LogP contribution in [0.15, 0.2) is 158 Å². The lowest BCUT2D eigenvalue weighted by atomic mass is 9.94. The molecule has 0 aliphatic carbocycles. The summed E-state index contributed by atoms with van der Waals surface area (Å²) >= 11 is 0. The van der Waals surface area contributed by atoms with Gasteiger partial charge in [-0.25, -0.2) is 15.0 Å². The second-order valence-electron chi connectivity index (χ2n) is 11.4. The van der Waals surface area contributed by atoms with Crippen molar-refractivity contribution in [2.45, 2.75) is 0 Å². The Hall–Kier alpha value is -6.53. The Morgan fingerprint density at radius 1 is 0.404 bits per heavy atom. The molecule has 9 rings (SSSR count). The van der Waals surface area contributed by atoms with Crippen LogP contribution < -0.4 is 0 Å². The van der Waals surface area contributed by atoms with Gasteiger partial charge in [0.05, 0.1) is 5.69 Å². The lowest BCUT2D eigenvalue weighted by Crippen LogP contribution is -2.01. The van der Waals surface area contributed by atoms with E-state index in [9.17, 15) is 0 Å². The van der Waals surface area contributed by atoms with E-state index in [1.165, 1.54) is 0 Å². The van der Waals surface area contributed by atoms with Crippen molar-refractivity contribution in [3.63, 3.8) is 0 Å². The van der Waals surface area contributed by atoms with Gasteiger partial charge in [0, 0.05) is 22.1 Å². The predicted molar refractivity (Wildman–Crippen MR) is 189 cm³/mol. The van der Waals surface area contributed by atoms with Gasteiger partial charge >= 0.3 is 0 Å². The molecule has 0 aliphatic heterocycles. The van der Waals surface area contributed by atoms with E-state index in [1.807, 2.05) is 103 Å². The molecule has 0 fully saturated rings. The van der Waals surface area contributed by atoms with Crippen molar-refractivity contribution >= 4 is 32.6 Å². The third-order valence-electron chi connectivity index (χ3n) is 8.52. The molecule has 0 radical (unpaired) electrons. The van der Waals surface area contributed by atoms with Crippen molar-refractivity contribution in [2.75, 3.05) is 0 Å². The second-order valence-corrected chi connectivity index (χ2v) is 11.4. The Labute approximate surface area is 270 Å². The van der Waals surface area contributed by atoms with Gasteiger partial charge in [-0.05, 0) is 51.6 Å². The number of nitrogens with zero attached hydrogens (tertiary/aromatic N) is 6. The van der Waals surface area contributed by atoms with E-state index < -0.39 is 0 Å². The molecule has 0 atom stereocenters. The molecule has 0 spiro atoms. The molecule has 7 aromatic carbocycles. The minimum Gasteiger partial charge on any atom is -0.208 e. The van der Waals surface area contributed by atoms with Crippen molar-refractivity contribution in [3.05, 3.63) is 158 Å². The van der Waals surface area contributed by atoms with E-state index in [1.54, 1.807) is 4.80 Å². The maximum atomic E-state index is 5.03. The minimum absolute atomic E-state index is 0.625. The molecule has 0 saturated heterocycles.